The van der Waals surface area contributed by atoms with Gasteiger partial charge in [-0.05, 0) is 25.0 Å². The highest BCUT2D eigenvalue weighted by molar-refractivity contribution is 5.98. The summed E-state index contributed by atoms with van der Waals surface area (Å²) in [5.41, 5.74) is 0.275. The van der Waals surface area contributed by atoms with Crippen LogP contribution < -0.4 is 15.5 Å². The van der Waals surface area contributed by atoms with Crippen molar-refractivity contribution in [1.82, 2.24) is 0 Å². The molecule has 1 aromatic rings. The van der Waals surface area contributed by atoms with Crippen molar-refractivity contribution in [2.75, 3.05) is 42.2 Å². The second-order valence-corrected chi connectivity index (χ2v) is 6.59. The fraction of sp³-hybridized carbons (Fsp3) is 0.588. The third-order valence-electron chi connectivity index (χ3n) is 4.58. The van der Waals surface area contributed by atoms with Crippen LogP contribution in [0.25, 0.3) is 0 Å². The molecule has 1 heterocycles. The lowest BCUT2D eigenvalue weighted by Gasteiger charge is -2.36. The summed E-state index contributed by atoms with van der Waals surface area (Å²) < 4.78 is 76.3. The fourth-order valence-electron chi connectivity index (χ4n) is 3.18. The molecule has 1 atom stereocenters. The van der Waals surface area contributed by atoms with E-state index in [-0.39, 0.29) is 42.9 Å². The molecule has 1 unspecified atom stereocenters. The van der Waals surface area contributed by atoms with E-state index in [4.69, 9.17) is 0 Å². The van der Waals surface area contributed by atoms with Gasteiger partial charge in [0.25, 0.3) is 0 Å². The van der Waals surface area contributed by atoms with Gasteiger partial charge >= 0.3 is 18.3 Å². The number of aromatic carboxylic acids is 1. The lowest BCUT2D eigenvalue weighted by molar-refractivity contribution is -0.176. The Morgan fingerprint density at radius 2 is 1.89 bits per heavy atom. The number of hydrogen-bond donors (Lipinski definition) is 3. The highest BCUT2D eigenvalue weighted by Crippen LogP contribution is 2.38. The van der Waals surface area contributed by atoms with Crippen LogP contribution in [0.2, 0.25) is 0 Å². The van der Waals surface area contributed by atoms with Gasteiger partial charge in [-0.1, -0.05) is 0 Å². The molecule has 0 aromatic heterocycles. The smallest absolute Gasteiger partial charge is 0.393 e. The van der Waals surface area contributed by atoms with Crippen LogP contribution in [-0.4, -0.2) is 50.1 Å². The predicted octanol–water partition coefficient (Wildman–Crippen LogP) is 4.57. The van der Waals surface area contributed by atoms with Gasteiger partial charge in [0.2, 0.25) is 0 Å². The van der Waals surface area contributed by atoms with Crippen molar-refractivity contribution < 1.29 is 36.2 Å². The largest absolute Gasteiger partial charge is 0.478 e. The summed E-state index contributed by atoms with van der Waals surface area (Å²) in [5, 5.41) is 14.8. The van der Waals surface area contributed by atoms with Crippen LogP contribution in [0.15, 0.2) is 12.1 Å². The number of piperidine rings is 1. The second kappa shape index (κ2) is 8.36. The quantitative estimate of drug-likeness (QED) is 0.597. The number of carboxylic acids is 1. The Morgan fingerprint density at radius 3 is 2.43 bits per heavy atom. The van der Waals surface area contributed by atoms with Crippen molar-refractivity contribution in [2.24, 2.45) is 5.92 Å². The molecule has 158 valence electrons. The van der Waals surface area contributed by atoms with Gasteiger partial charge in [0.1, 0.15) is 0 Å². The van der Waals surface area contributed by atoms with Crippen LogP contribution in [0, 0.1) is 5.92 Å². The second-order valence-electron chi connectivity index (χ2n) is 6.59. The monoisotopic (exact) mass is 413 g/mol. The maximum atomic E-state index is 13.1. The summed E-state index contributed by atoms with van der Waals surface area (Å²) in [6.45, 7) is -0.568. The number of halogens is 6. The van der Waals surface area contributed by atoms with Crippen LogP contribution in [0.1, 0.15) is 29.6 Å². The molecule has 1 saturated heterocycles. The molecule has 1 aromatic carbocycles. The van der Waals surface area contributed by atoms with Gasteiger partial charge in [0, 0.05) is 26.7 Å². The van der Waals surface area contributed by atoms with Crippen LogP contribution in [0.5, 0.6) is 0 Å². The maximum Gasteiger partial charge on any atom is 0.393 e. The van der Waals surface area contributed by atoms with E-state index in [0.717, 1.165) is 6.07 Å². The van der Waals surface area contributed by atoms with E-state index in [2.05, 4.69) is 10.6 Å². The summed E-state index contributed by atoms with van der Waals surface area (Å²) in [4.78, 5) is 13.0. The van der Waals surface area contributed by atoms with E-state index in [1.54, 1.807) is 0 Å². The van der Waals surface area contributed by atoms with E-state index in [1.807, 2.05) is 0 Å². The number of alkyl halides is 6. The fourth-order valence-corrected chi connectivity index (χ4v) is 3.18. The van der Waals surface area contributed by atoms with Gasteiger partial charge in [-0.2, -0.15) is 26.3 Å². The van der Waals surface area contributed by atoms with E-state index in [0.29, 0.717) is 5.69 Å². The number of rotatable bonds is 6. The van der Waals surface area contributed by atoms with Crippen molar-refractivity contribution in [2.45, 2.75) is 31.6 Å². The van der Waals surface area contributed by atoms with Crippen LogP contribution in [-0.2, 0) is 0 Å². The first kappa shape index (κ1) is 22.0. The van der Waals surface area contributed by atoms with Gasteiger partial charge in [-0.25, -0.2) is 4.79 Å². The zero-order chi connectivity index (χ0) is 21.1. The van der Waals surface area contributed by atoms with Gasteiger partial charge in [0.15, 0.2) is 0 Å². The number of anilines is 3. The molecule has 5 nitrogen and oxygen atoms in total. The number of carboxylic acid groups (broad SMARTS) is 1. The number of nitrogens with one attached hydrogen (secondary N) is 2. The molecule has 0 bridgehead atoms. The Labute approximate surface area is 157 Å². The van der Waals surface area contributed by atoms with E-state index < -0.39 is 37.2 Å². The maximum absolute atomic E-state index is 13.1. The minimum atomic E-state index is -4.38. The Hall–Kier alpha value is -2.33. The van der Waals surface area contributed by atoms with Crippen LogP contribution >= 0.6 is 0 Å². The summed E-state index contributed by atoms with van der Waals surface area (Å²) in [6.07, 6.45) is -9.64. The Morgan fingerprint density at radius 1 is 1.21 bits per heavy atom. The molecule has 1 aliphatic heterocycles. The predicted molar refractivity (Wildman–Crippen MR) is 93.1 cm³/mol. The standard InChI is InChI=1S/C17H21F6N3O2/c1-24-12-8-14(26-6-2-3-10(9-26)17(21,22)23)11(15(27)28)7-13(12)25-5-4-16(18,19)20/h7-8,10,24-25H,2-6,9H2,1H3,(H,27,28). The minimum absolute atomic E-state index is 0.0294. The average Bonchev–Trinajstić information content (AvgIpc) is 2.59. The highest BCUT2D eigenvalue weighted by Gasteiger charge is 2.42. The molecule has 1 fully saturated rings. The molecule has 0 spiro atoms. The van der Waals surface area contributed by atoms with Crippen LogP contribution in [0.4, 0.5) is 43.4 Å². The van der Waals surface area contributed by atoms with Gasteiger partial charge < -0.3 is 20.6 Å². The zero-order valence-corrected chi connectivity index (χ0v) is 15.0. The lowest BCUT2D eigenvalue weighted by Crippen LogP contribution is -2.42. The van der Waals surface area contributed by atoms with Crippen LogP contribution in [0.3, 0.4) is 0 Å². The van der Waals surface area contributed by atoms with Gasteiger partial charge in [0.05, 0.1) is 35.0 Å². The summed E-state index contributed by atoms with van der Waals surface area (Å²) in [7, 11) is 1.49. The lowest BCUT2D eigenvalue weighted by atomic mass is 9.96. The zero-order valence-electron chi connectivity index (χ0n) is 15.0. The minimum Gasteiger partial charge on any atom is -0.478 e. The van der Waals surface area contributed by atoms with E-state index >= 15 is 0 Å². The highest BCUT2D eigenvalue weighted by atomic mass is 19.4. The molecule has 0 saturated carbocycles. The first-order valence-corrected chi connectivity index (χ1v) is 8.63. The first-order valence-electron chi connectivity index (χ1n) is 8.63. The third kappa shape index (κ3) is 5.59. The molecular weight excluding hydrogens is 392 g/mol. The van der Waals surface area contributed by atoms with Gasteiger partial charge in [-0.3, -0.25) is 0 Å². The third-order valence-corrected chi connectivity index (χ3v) is 4.58. The SMILES string of the molecule is CNc1cc(N2CCCC(C(F)(F)F)C2)c(C(=O)O)cc1NCCC(F)(F)F. The topological polar surface area (TPSA) is 64.6 Å². The molecule has 28 heavy (non-hydrogen) atoms. The molecule has 0 radical (unpaired) electrons. The molecular formula is C17H21F6N3O2. The summed E-state index contributed by atoms with van der Waals surface area (Å²) >= 11 is 0. The molecule has 2 rings (SSSR count). The van der Waals surface area contributed by atoms with E-state index in [9.17, 15) is 36.2 Å². The number of hydrogen-bond acceptors (Lipinski definition) is 4. The summed E-state index contributed by atoms with van der Waals surface area (Å²) in [5.74, 6) is -2.93. The van der Waals surface area contributed by atoms with Crippen molar-refractivity contribution in [3.8, 4) is 0 Å². The Balaban J connectivity index is 2.32. The first-order chi connectivity index (χ1) is 12.9. The van der Waals surface area contributed by atoms with Crippen molar-refractivity contribution in [1.29, 1.82) is 0 Å². The van der Waals surface area contributed by atoms with Crippen molar-refractivity contribution in [3.05, 3.63) is 17.7 Å². The Bertz CT molecular complexity index is 705. The average molecular weight is 413 g/mol. The molecule has 1 aliphatic rings. The molecule has 0 amide bonds. The number of nitrogens with zero attached hydrogens (tertiary/aromatic N) is 1. The summed E-state index contributed by atoms with van der Waals surface area (Å²) in [6, 6.07) is 2.51. The molecule has 0 aliphatic carbocycles. The molecule has 11 heteroatoms. The van der Waals surface area contributed by atoms with Gasteiger partial charge in [-0.15, -0.1) is 0 Å². The van der Waals surface area contributed by atoms with Crippen molar-refractivity contribution >= 4 is 23.0 Å². The molecule has 3 N–H and O–H groups in total. The normalized spacial score (nSPS) is 18.1. The van der Waals surface area contributed by atoms with Crippen molar-refractivity contribution in [3.63, 3.8) is 0 Å². The Kier molecular flexibility index (Phi) is 6.56. The number of carbonyl (C=O) groups is 1. The number of benzene rings is 1. The van der Waals surface area contributed by atoms with E-state index in [1.165, 1.54) is 18.0 Å².